The molecule has 0 spiro atoms. The van der Waals surface area contributed by atoms with Crippen LogP contribution in [0.1, 0.15) is 36.3 Å². The molecule has 72 valence electrons. The van der Waals surface area contributed by atoms with E-state index in [9.17, 15) is 4.79 Å². The van der Waals surface area contributed by atoms with Gasteiger partial charge in [-0.25, -0.2) is 4.98 Å². The zero-order chi connectivity index (χ0) is 9.84. The van der Waals surface area contributed by atoms with E-state index in [2.05, 4.69) is 24.1 Å². The summed E-state index contributed by atoms with van der Waals surface area (Å²) in [5.74, 6) is 0.0343. The SMILES string of the molecule is CC(=O)c1csc(CNC(C)C)n1. The van der Waals surface area contributed by atoms with Crippen LogP contribution in [-0.4, -0.2) is 16.8 Å². The molecular formula is C9H14N2OS. The molecule has 1 aromatic rings. The second-order valence-electron chi connectivity index (χ2n) is 3.22. The lowest BCUT2D eigenvalue weighted by molar-refractivity contribution is 0.101. The largest absolute Gasteiger partial charge is 0.308 e. The fraction of sp³-hybridized carbons (Fsp3) is 0.556. The molecule has 0 aromatic carbocycles. The molecule has 0 amide bonds. The van der Waals surface area contributed by atoms with Gasteiger partial charge in [0.15, 0.2) is 5.78 Å². The Hall–Kier alpha value is -0.740. The van der Waals surface area contributed by atoms with Crippen LogP contribution in [0.5, 0.6) is 0 Å². The van der Waals surface area contributed by atoms with Crippen molar-refractivity contribution in [3.8, 4) is 0 Å². The number of rotatable bonds is 4. The number of ketones is 1. The monoisotopic (exact) mass is 198 g/mol. The van der Waals surface area contributed by atoms with Crippen molar-refractivity contribution < 1.29 is 4.79 Å². The molecule has 0 atom stereocenters. The number of hydrogen-bond acceptors (Lipinski definition) is 4. The first-order chi connectivity index (χ1) is 6.09. The quantitative estimate of drug-likeness (QED) is 0.751. The number of hydrogen-bond donors (Lipinski definition) is 1. The number of aromatic nitrogens is 1. The van der Waals surface area contributed by atoms with Crippen molar-refractivity contribution in [2.75, 3.05) is 0 Å². The first-order valence-corrected chi connectivity index (χ1v) is 5.16. The maximum atomic E-state index is 10.9. The summed E-state index contributed by atoms with van der Waals surface area (Å²) in [6.07, 6.45) is 0. The molecule has 1 N–H and O–H groups in total. The van der Waals surface area contributed by atoms with Gasteiger partial charge in [0.25, 0.3) is 0 Å². The van der Waals surface area contributed by atoms with Gasteiger partial charge in [-0.2, -0.15) is 0 Å². The minimum Gasteiger partial charge on any atom is -0.308 e. The fourth-order valence-electron chi connectivity index (χ4n) is 0.845. The van der Waals surface area contributed by atoms with Crippen molar-refractivity contribution in [3.05, 3.63) is 16.1 Å². The average Bonchev–Trinajstić information content (AvgIpc) is 2.48. The summed E-state index contributed by atoms with van der Waals surface area (Å²) in [7, 11) is 0. The van der Waals surface area contributed by atoms with Gasteiger partial charge in [0.1, 0.15) is 10.7 Å². The smallest absolute Gasteiger partial charge is 0.178 e. The van der Waals surface area contributed by atoms with Crippen LogP contribution in [0.15, 0.2) is 5.38 Å². The summed E-state index contributed by atoms with van der Waals surface area (Å²) in [4.78, 5) is 15.1. The van der Waals surface area contributed by atoms with Gasteiger partial charge in [-0.05, 0) is 0 Å². The van der Waals surface area contributed by atoms with Gasteiger partial charge < -0.3 is 5.32 Å². The zero-order valence-electron chi connectivity index (χ0n) is 8.13. The molecule has 0 aliphatic carbocycles. The highest BCUT2D eigenvalue weighted by Crippen LogP contribution is 2.09. The highest BCUT2D eigenvalue weighted by atomic mass is 32.1. The van der Waals surface area contributed by atoms with Crippen LogP contribution in [0.2, 0.25) is 0 Å². The Morgan fingerprint density at radius 2 is 2.38 bits per heavy atom. The Labute approximate surface area is 82.2 Å². The van der Waals surface area contributed by atoms with Crippen LogP contribution in [0, 0.1) is 0 Å². The Morgan fingerprint density at radius 3 is 2.85 bits per heavy atom. The van der Waals surface area contributed by atoms with Crippen molar-refractivity contribution in [2.24, 2.45) is 0 Å². The Kier molecular flexibility index (Phi) is 3.57. The number of thiazole rings is 1. The third-order valence-electron chi connectivity index (χ3n) is 1.57. The number of carbonyl (C=O) groups is 1. The lowest BCUT2D eigenvalue weighted by atomic mass is 10.3. The van der Waals surface area contributed by atoms with Crippen LogP contribution in [-0.2, 0) is 6.54 Å². The van der Waals surface area contributed by atoms with Crippen LogP contribution in [0.3, 0.4) is 0 Å². The maximum absolute atomic E-state index is 10.9. The predicted molar refractivity (Wildman–Crippen MR) is 54.1 cm³/mol. The van der Waals surface area contributed by atoms with E-state index in [4.69, 9.17) is 0 Å². The molecular weight excluding hydrogens is 184 g/mol. The van der Waals surface area contributed by atoms with Gasteiger partial charge in [-0.1, -0.05) is 13.8 Å². The van der Waals surface area contributed by atoms with Gasteiger partial charge in [0.2, 0.25) is 0 Å². The van der Waals surface area contributed by atoms with Gasteiger partial charge >= 0.3 is 0 Å². The van der Waals surface area contributed by atoms with Gasteiger partial charge in [0, 0.05) is 24.9 Å². The average molecular weight is 198 g/mol. The number of carbonyl (C=O) groups excluding carboxylic acids is 1. The van der Waals surface area contributed by atoms with E-state index in [0.717, 1.165) is 11.6 Å². The second kappa shape index (κ2) is 4.48. The molecule has 4 heteroatoms. The van der Waals surface area contributed by atoms with Crippen molar-refractivity contribution in [1.29, 1.82) is 0 Å². The highest BCUT2D eigenvalue weighted by molar-refractivity contribution is 7.09. The van der Waals surface area contributed by atoms with Crippen LogP contribution < -0.4 is 5.32 Å². The van der Waals surface area contributed by atoms with Crippen molar-refractivity contribution in [3.63, 3.8) is 0 Å². The topological polar surface area (TPSA) is 42.0 Å². The van der Waals surface area contributed by atoms with E-state index in [1.807, 2.05) is 0 Å². The summed E-state index contributed by atoms with van der Waals surface area (Å²) in [5.41, 5.74) is 0.575. The number of nitrogens with one attached hydrogen (secondary N) is 1. The molecule has 0 aliphatic rings. The second-order valence-corrected chi connectivity index (χ2v) is 4.16. The van der Waals surface area contributed by atoms with E-state index >= 15 is 0 Å². The first-order valence-electron chi connectivity index (χ1n) is 4.28. The van der Waals surface area contributed by atoms with Gasteiger partial charge in [-0.3, -0.25) is 4.79 Å². The number of Topliss-reactive ketones (excluding diaryl/α,β-unsaturated/α-hetero) is 1. The summed E-state index contributed by atoms with van der Waals surface area (Å²) in [5, 5.41) is 6.03. The molecule has 0 radical (unpaired) electrons. The predicted octanol–water partition coefficient (Wildman–Crippen LogP) is 1.84. The summed E-state index contributed by atoms with van der Waals surface area (Å²) in [6, 6.07) is 0.449. The minimum absolute atomic E-state index is 0.0343. The lowest BCUT2D eigenvalue weighted by Crippen LogP contribution is -2.21. The molecule has 0 saturated heterocycles. The number of nitrogens with zero attached hydrogens (tertiary/aromatic N) is 1. The van der Waals surface area contributed by atoms with Crippen LogP contribution in [0.4, 0.5) is 0 Å². The zero-order valence-corrected chi connectivity index (χ0v) is 8.94. The van der Waals surface area contributed by atoms with Gasteiger partial charge in [0.05, 0.1) is 0 Å². The van der Waals surface area contributed by atoms with Crippen LogP contribution in [0.25, 0.3) is 0 Å². The van der Waals surface area contributed by atoms with E-state index in [-0.39, 0.29) is 5.78 Å². The Bertz CT molecular complexity index is 294. The third-order valence-corrected chi connectivity index (χ3v) is 2.42. The highest BCUT2D eigenvalue weighted by Gasteiger charge is 2.05. The molecule has 3 nitrogen and oxygen atoms in total. The molecule has 0 unspecified atom stereocenters. The molecule has 0 fully saturated rings. The summed E-state index contributed by atoms with van der Waals surface area (Å²) < 4.78 is 0. The molecule has 0 aliphatic heterocycles. The molecule has 0 bridgehead atoms. The molecule has 1 aromatic heterocycles. The summed E-state index contributed by atoms with van der Waals surface area (Å²) >= 11 is 1.53. The minimum atomic E-state index is 0.0343. The normalized spacial score (nSPS) is 10.8. The van der Waals surface area contributed by atoms with E-state index < -0.39 is 0 Å². The Morgan fingerprint density at radius 1 is 1.69 bits per heavy atom. The third kappa shape index (κ3) is 3.24. The Balaban J connectivity index is 2.54. The van der Waals surface area contributed by atoms with Gasteiger partial charge in [-0.15, -0.1) is 11.3 Å². The molecule has 1 heterocycles. The standard InChI is InChI=1S/C9H14N2OS/c1-6(2)10-4-9-11-8(5-13-9)7(3)12/h5-6,10H,4H2,1-3H3. The lowest BCUT2D eigenvalue weighted by Gasteiger charge is -2.04. The van der Waals surface area contributed by atoms with E-state index in [1.165, 1.54) is 18.3 Å². The van der Waals surface area contributed by atoms with E-state index in [0.29, 0.717) is 11.7 Å². The van der Waals surface area contributed by atoms with Crippen molar-refractivity contribution in [2.45, 2.75) is 33.4 Å². The van der Waals surface area contributed by atoms with E-state index in [1.54, 1.807) is 5.38 Å². The first kappa shape index (κ1) is 10.3. The maximum Gasteiger partial charge on any atom is 0.178 e. The molecule has 1 rings (SSSR count). The van der Waals surface area contributed by atoms with Crippen molar-refractivity contribution in [1.82, 2.24) is 10.3 Å². The fourth-order valence-corrected chi connectivity index (χ4v) is 1.63. The molecule has 0 saturated carbocycles. The van der Waals surface area contributed by atoms with Crippen molar-refractivity contribution >= 4 is 17.1 Å². The van der Waals surface area contributed by atoms with Crippen LogP contribution >= 0.6 is 11.3 Å². The summed E-state index contributed by atoms with van der Waals surface area (Å²) in [6.45, 7) is 6.45. The molecule has 13 heavy (non-hydrogen) atoms.